The van der Waals surface area contributed by atoms with Gasteiger partial charge in [0, 0.05) is 67.7 Å². The van der Waals surface area contributed by atoms with Crippen LogP contribution in [0.2, 0.25) is 0 Å². The fourth-order valence-electron chi connectivity index (χ4n) is 2.98. The zero-order valence-electron chi connectivity index (χ0n) is 14.2. The molecule has 2 N–H and O–H groups in total. The largest absolute Gasteiger partial charge is 0.497 e. The first-order chi connectivity index (χ1) is 11.7. The van der Waals surface area contributed by atoms with Crippen molar-refractivity contribution in [2.24, 2.45) is 0 Å². The predicted octanol–water partition coefficient (Wildman–Crippen LogP) is 2.45. The molecule has 0 unspecified atom stereocenters. The van der Waals surface area contributed by atoms with E-state index in [0.717, 1.165) is 56.3 Å². The van der Waals surface area contributed by atoms with E-state index in [1.165, 1.54) is 4.88 Å². The van der Waals surface area contributed by atoms with Crippen LogP contribution in [0.1, 0.15) is 11.3 Å². The lowest BCUT2D eigenvalue weighted by molar-refractivity contribution is 0.288. The molecule has 0 saturated carbocycles. The standard InChI is InChI=1S/C17H24N4O2S/c1-22-14-8-13(9-15(10-14)23-2)21-5-3-4-20(6-7-21)12-16-11-19-17(18)24-16/h8-11H,3-7,12H2,1-2H3,(H2,18,19). The van der Waals surface area contributed by atoms with E-state index in [9.17, 15) is 0 Å². The Morgan fingerprint density at radius 2 is 1.83 bits per heavy atom. The number of thiazole rings is 1. The molecule has 2 aromatic rings. The number of aromatic nitrogens is 1. The molecule has 3 rings (SSSR count). The summed E-state index contributed by atoms with van der Waals surface area (Å²) in [6.45, 7) is 5.01. The summed E-state index contributed by atoms with van der Waals surface area (Å²) < 4.78 is 10.8. The van der Waals surface area contributed by atoms with Gasteiger partial charge in [-0.2, -0.15) is 0 Å². The Hall–Kier alpha value is -1.99. The van der Waals surface area contributed by atoms with Gasteiger partial charge in [-0.05, 0) is 6.42 Å². The van der Waals surface area contributed by atoms with Gasteiger partial charge in [-0.15, -0.1) is 11.3 Å². The summed E-state index contributed by atoms with van der Waals surface area (Å²) in [6, 6.07) is 6.05. The van der Waals surface area contributed by atoms with Crippen molar-refractivity contribution >= 4 is 22.2 Å². The number of ether oxygens (including phenoxy) is 2. The number of nitrogen functional groups attached to an aromatic ring is 1. The lowest BCUT2D eigenvalue weighted by Gasteiger charge is -2.24. The highest BCUT2D eigenvalue weighted by Gasteiger charge is 2.17. The molecule has 0 radical (unpaired) electrons. The average molecular weight is 348 g/mol. The van der Waals surface area contributed by atoms with Crippen molar-refractivity contribution in [3.63, 3.8) is 0 Å². The Labute approximate surface area is 146 Å². The molecule has 0 aliphatic carbocycles. The van der Waals surface area contributed by atoms with Crippen LogP contribution in [0, 0.1) is 0 Å². The second kappa shape index (κ2) is 7.72. The molecule has 2 heterocycles. The number of hydrogen-bond donors (Lipinski definition) is 1. The second-order valence-corrected chi connectivity index (χ2v) is 7.00. The summed E-state index contributed by atoms with van der Waals surface area (Å²) >= 11 is 1.57. The van der Waals surface area contributed by atoms with E-state index in [2.05, 4.69) is 26.9 Å². The highest BCUT2D eigenvalue weighted by molar-refractivity contribution is 7.15. The van der Waals surface area contributed by atoms with Crippen LogP contribution >= 0.6 is 11.3 Å². The van der Waals surface area contributed by atoms with Crippen LogP contribution in [0.3, 0.4) is 0 Å². The summed E-state index contributed by atoms with van der Waals surface area (Å²) in [5.74, 6) is 1.65. The number of benzene rings is 1. The molecule has 1 saturated heterocycles. The van der Waals surface area contributed by atoms with Gasteiger partial charge in [0.25, 0.3) is 0 Å². The smallest absolute Gasteiger partial charge is 0.180 e. The van der Waals surface area contributed by atoms with Gasteiger partial charge in [0.15, 0.2) is 5.13 Å². The van der Waals surface area contributed by atoms with Crippen molar-refractivity contribution in [1.29, 1.82) is 0 Å². The summed E-state index contributed by atoms with van der Waals surface area (Å²) in [4.78, 5) is 10.2. The average Bonchev–Trinajstić information content (AvgIpc) is 2.87. The quantitative estimate of drug-likeness (QED) is 0.895. The third-order valence-corrected chi connectivity index (χ3v) is 5.05. The van der Waals surface area contributed by atoms with E-state index in [1.54, 1.807) is 25.6 Å². The van der Waals surface area contributed by atoms with Crippen molar-refractivity contribution in [3.05, 3.63) is 29.3 Å². The molecular formula is C17H24N4O2S. The lowest BCUT2D eigenvalue weighted by Crippen LogP contribution is -2.30. The molecule has 0 atom stereocenters. The topological polar surface area (TPSA) is 63.9 Å². The van der Waals surface area contributed by atoms with Gasteiger partial charge < -0.3 is 20.1 Å². The van der Waals surface area contributed by atoms with E-state index in [0.29, 0.717) is 5.13 Å². The molecule has 6 nitrogen and oxygen atoms in total. The molecule has 1 aliphatic rings. The van der Waals surface area contributed by atoms with Crippen LogP contribution in [0.25, 0.3) is 0 Å². The summed E-state index contributed by atoms with van der Waals surface area (Å²) in [5, 5.41) is 0.643. The molecular weight excluding hydrogens is 324 g/mol. The van der Waals surface area contributed by atoms with E-state index in [4.69, 9.17) is 15.2 Å². The number of anilines is 2. The molecule has 1 aliphatic heterocycles. The van der Waals surface area contributed by atoms with Crippen LogP contribution in [-0.2, 0) is 6.54 Å². The molecule has 1 fully saturated rings. The van der Waals surface area contributed by atoms with E-state index in [-0.39, 0.29) is 0 Å². The number of nitrogens with two attached hydrogens (primary N) is 1. The maximum atomic E-state index is 5.72. The van der Waals surface area contributed by atoms with Gasteiger partial charge >= 0.3 is 0 Å². The number of methoxy groups -OCH3 is 2. The Morgan fingerprint density at radius 3 is 2.46 bits per heavy atom. The first kappa shape index (κ1) is 16.9. The molecule has 0 amide bonds. The highest BCUT2D eigenvalue weighted by Crippen LogP contribution is 2.29. The van der Waals surface area contributed by atoms with Gasteiger partial charge in [-0.1, -0.05) is 0 Å². The fraction of sp³-hybridized carbons (Fsp3) is 0.471. The Balaban J connectivity index is 1.66. The first-order valence-corrected chi connectivity index (χ1v) is 8.90. The van der Waals surface area contributed by atoms with Crippen LogP contribution in [-0.4, -0.2) is 50.3 Å². The fourth-order valence-corrected chi connectivity index (χ4v) is 3.70. The molecule has 0 spiro atoms. The third kappa shape index (κ3) is 4.10. The van der Waals surface area contributed by atoms with Gasteiger partial charge in [0.1, 0.15) is 11.5 Å². The Bertz CT molecular complexity index is 654. The van der Waals surface area contributed by atoms with Crippen LogP contribution in [0.5, 0.6) is 11.5 Å². The minimum atomic E-state index is 0.643. The minimum Gasteiger partial charge on any atom is -0.497 e. The third-order valence-electron chi connectivity index (χ3n) is 4.24. The SMILES string of the molecule is COc1cc(OC)cc(N2CCCN(Cc3cnc(N)s3)CC2)c1. The van der Waals surface area contributed by atoms with Crippen molar-refractivity contribution in [2.75, 3.05) is 51.0 Å². The first-order valence-electron chi connectivity index (χ1n) is 8.08. The molecule has 0 bridgehead atoms. The maximum Gasteiger partial charge on any atom is 0.180 e. The highest BCUT2D eigenvalue weighted by atomic mass is 32.1. The zero-order valence-corrected chi connectivity index (χ0v) is 15.0. The lowest BCUT2D eigenvalue weighted by atomic mass is 10.2. The Morgan fingerprint density at radius 1 is 1.08 bits per heavy atom. The van der Waals surface area contributed by atoms with Crippen molar-refractivity contribution in [3.8, 4) is 11.5 Å². The predicted molar refractivity (Wildman–Crippen MR) is 98.2 cm³/mol. The molecule has 1 aromatic carbocycles. The normalized spacial score (nSPS) is 16.0. The maximum absolute atomic E-state index is 5.72. The number of nitrogens with zero attached hydrogens (tertiary/aromatic N) is 3. The Kier molecular flexibility index (Phi) is 5.42. The molecule has 130 valence electrons. The van der Waals surface area contributed by atoms with Gasteiger partial charge in [0.05, 0.1) is 14.2 Å². The molecule has 1 aromatic heterocycles. The number of hydrogen-bond acceptors (Lipinski definition) is 7. The van der Waals surface area contributed by atoms with Gasteiger partial charge in [-0.3, -0.25) is 4.90 Å². The van der Waals surface area contributed by atoms with Crippen LogP contribution < -0.4 is 20.1 Å². The van der Waals surface area contributed by atoms with Crippen molar-refractivity contribution < 1.29 is 9.47 Å². The monoisotopic (exact) mass is 348 g/mol. The van der Waals surface area contributed by atoms with Gasteiger partial charge in [-0.25, -0.2) is 4.98 Å². The molecule has 24 heavy (non-hydrogen) atoms. The van der Waals surface area contributed by atoms with E-state index >= 15 is 0 Å². The second-order valence-electron chi connectivity index (χ2n) is 5.85. The number of rotatable bonds is 5. The summed E-state index contributed by atoms with van der Waals surface area (Å²) in [7, 11) is 3.37. The van der Waals surface area contributed by atoms with Gasteiger partial charge in [0.2, 0.25) is 0 Å². The van der Waals surface area contributed by atoms with E-state index < -0.39 is 0 Å². The van der Waals surface area contributed by atoms with Crippen LogP contribution in [0.15, 0.2) is 24.4 Å². The van der Waals surface area contributed by atoms with E-state index in [1.807, 2.05) is 12.3 Å². The molecule has 7 heteroatoms. The zero-order chi connectivity index (χ0) is 16.9. The minimum absolute atomic E-state index is 0.643. The summed E-state index contributed by atoms with van der Waals surface area (Å²) in [6.07, 6.45) is 3.00. The van der Waals surface area contributed by atoms with Crippen molar-refractivity contribution in [1.82, 2.24) is 9.88 Å². The summed E-state index contributed by atoms with van der Waals surface area (Å²) in [5.41, 5.74) is 6.87. The van der Waals surface area contributed by atoms with Crippen molar-refractivity contribution in [2.45, 2.75) is 13.0 Å². The van der Waals surface area contributed by atoms with Crippen LogP contribution in [0.4, 0.5) is 10.8 Å².